The Kier molecular flexibility index (Phi) is 6.05. The number of hydrogen-bond donors (Lipinski definition) is 1. The van der Waals surface area contributed by atoms with Gasteiger partial charge >= 0.3 is 18.4 Å². The Bertz CT molecular complexity index is 1230. The summed E-state index contributed by atoms with van der Waals surface area (Å²) in [6.07, 6.45) is -4.97. The van der Waals surface area contributed by atoms with Gasteiger partial charge in [-0.15, -0.1) is 0 Å². The first-order valence-electron chi connectivity index (χ1n) is 9.58. The zero-order chi connectivity index (χ0) is 24.7. The number of alkyl halides is 3. The maximum atomic E-state index is 15.0. The van der Waals surface area contributed by atoms with Gasteiger partial charge in [-0.1, -0.05) is 0 Å². The lowest BCUT2D eigenvalue weighted by Gasteiger charge is -2.25. The second kappa shape index (κ2) is 8.34. The van der Waals surface area contributed by atoms with Crippen LogP contribution in [-0.2, 0) is 17.5 Å². The van der Waals surface area contributed by atoms with Crippen molar-refractivity contribution in [3.8, 4) is 11.3 Å². The van der Waals surface area contributed by atoms with Crippen LogP contribution in [0.15, 0.2) is 30.6 Å². The van der Waals surface area contributed by atoms with E-state index in [-0.39, 0.29) is 28.7 Å². The highest BCUT2D eigenvalue weighted by Crippen LogP contribution is 2.39. The van der Waals surface area contributed by atoms with Crippen molar-refractivity contribution < 1.29 is 37.0 Å². The number of rotatable bonds is 3. The molecule has 2 aromatic heterocycles. The molecule has 33 heavy (non-hydrogen) atoms. The Morgan fingerprint density at radius 2 is 1.82 bits per heavy atom. The standard InChI is InChI=1S/C21H20F4N4O4/c1-20(2,3)33-19(32)28(4)10-11-5-13(21(23,24)25)17(14(22)6-11)15-7-12-8-27-29(18(30)31)16(12)9-26-15/h5-9H,10H2,1-4H3,(H,30,31). The summed E-state index contributed by atoms with van der Waals surface area (Å²) in [5.74, 6) is -1.20. The number of halogens is 4. The molecule has 0 bridgehead atoms. The van der Waals surface area contributed by atoms with Crippen LogP contribution in [0.25, 0.3) is 22.2 Å². The van der Waals surface area contributed by atoms with Gasteiger partial charge in [-0.2, -0.15) is 23.0 Å². The van der Waals surface area contributed by atoms with Gasteiger partial charge in [-0.25, -0.2) is 14.0 Å². The number of aromatic nitrogens is 3. The highest BCUT2D eigenvalue weighted by Gasteiger charge is 2.36. The van der Waals surface area contributed by atoms with E-state index in [9.17, 15) is 27.2 Å². The summed E-state index contributed by atoms with van der Waals surface area (Å²) in [7, 11) is 1.32. The Morgan fingerprint density at radius 1 is 1.15 bits per heavy atom. The molecule has 176 valence electrons. The van der Waals surface area contributed by atoms with E-state index in [1.807, 2.05) is 0 Å². The normalized spacial score (nSPS) is 12.1. The molecule has 0 atom stereocenters. The second-order valence-corrected chi connectivity index (χ2v) is 8.30. The van der Waals surface area contributed by atoms with Crippen LogP contribution in [0.1, 0.15) is 31.9 Å². The second-order valence-electron chi connectivity index (χ2n) is 8.30. The van der Waals surface area contributed by atoms with E-state index in [1.54, 1.807) is 20.8 Å². The van der Waals surface area contributed by atoms with E-state index in [0.717, 1.165) is 35.5 Å². The topological polar surface area (TPSA) is 97.5 Å². The summed E-state index contributed by atoms with van der Waals surface area (Å²) in [6, 6.07) is 2.76. The number of ether oxygens (including phenoxy) is 1. The van der Waals surface area contributed by atoms with Gasteiger partial charge < -0.3 is 14.7 Å². The van der Waals surface area contributed by atoms with E-state index in [4.69, 9.17) is 9.84 Å². The van der Waals surface area contributed by atoms with Crippen molar-refractivity contribution in [2.45, 2.75) is 39.1 Å². The minimum Gasteiger partial charge on any atom is -0.463 e. The third-order valence-electron chi connectivity index (χ3n) is 4.47. The van der Waals surface area contributed by atoms with Crippen LogP contribution in [0.3, 0.4) is 0 Å². The van der Waals surface area contributed by atoms with Gasteiger partial charge in [-0.3, -0.25) is 4.98 Å². The van der Waals surface area contributed by atoms with E-state index in [0.29, 0.717) is 4.68 Å². The minimum absolute atomic E-state index is 0.0378. The monoisotopic (exact) mass is 468 g/mol. The van der Waals surface area contributed by atoms with Gasteiger partial charge in [0, 0.05) is 24.5 Å². The third-order valence-corrected chi connectivity index (χ3v) is 4.47. The lowest BCUT2D eigenvalue weighted by molar-refractivity contribution is -0.137. The van der Waals surface area contributed by atoms with Gasteiger partial charge in [0.2, 0.25) is 0 Å². The predicted molar refractivity (Wildman–Crippen MR) is 109 cm³/mol. The molecule has 0 fully saturated rings. The quantitative estimate of drug-likeness (QED) is 0.534. The number of amides is 1. The molecule has 3 aromatic rings. The number of carbonyl (C=O) groups excluding carboxylic acids is 1. The van der Waals surface area contributed by atoms with E-state index < -0.39 is 40.9 Å². The highest BCUT2D eigenvalue weighted by molar-refractivity contribution is 5.88. The Labute approximate surface area is 185 Å². The smallest absolute Gasteiger partial charge is 0.432 e. The lowest BCUT2D eigenvalue weighted by atomic mass is 9.98. The Hall–Kier alpha value is -3.70. The number of nitrogens with zero attached hydrogens (tertiary/aromatic N) is 4. The summed E-state index contributed by atoms with van der Waals surface area (Å²) in [6.45, 7) is 4.59. The minimum atomic E-state index is -4.93. The summed E-state index contributed by atoms with van der Waals surface area (Å²) >= 11 is 0. The molecule has 0 spiro atoms. The molecule has 0 aliphatic heterocycles. The number of pyridine rings is 1. The molecule has 0 aliphatic carbocycles. The molecule has 1 N–H and O–H groups in total. The third kappa shape index (κ3) is 5.21. The summed E-state index contributed by atoms with van der Waals surface area (Å²) in [4.78, 5) is 28.1. The zero-order valence-corrected chi connectivity index (χ0v) is 18.1. The van der Waals surface area contributed by atoms with Gasteiger partial charge in [-0.05, 0) is 44.5 Å². The molecular formula is C21H20F4N4O4. The van der Waals surface area contributed by atoms with Gasteiger partial charge in [0.15, 0.2) is 0 Å². The summed E-state index contributed by atoms with van der Waals surface area (Å²) < 4.78 is 62.3. The van der Waals surface area contributed by atoms with Gasteiger partial charge in [0.1, 0.15) is 11.4 Å². The van der Waals surface area contributed by atoms with Crippen molar-refractivity contribution in [3.05, 3.63) is 47.5 Å². The molecule has 8 nitrogen and oxygen atoms in total. The van der Waals surface area contributed by atoms with E-state index >= 15 is 0 Å². The van der Waals surface area contributed by atoms with Crippen LogP contribution in [-0.4, -0.2) is 49.6 Å². The van der Waals surface area contributed by atoms with Crippen LogP contribution in [0.5, 0.6) is 0 Å². The maximum absolute atomic E-state index is 15.0. The lowest BCUT2D eigenvalue weighted by Crippen LogP contribution is -2.33. The molecule has 0 radical (unpaired) electrons. The number of carbonyl (C=O) groups is 2. The van der Waals surface area contributed by atoms with Crippen molar-refractivity contribution >= 4 is 23.1 Å². The first-order valence-corrected chi connectivity index (χ1v) is 9.58. The van der Waals surface area contributed by atoms with Crippen molar-refractivity contribution in [1.82, 2.24) is 19.7 Å². The molecule has 0 aliphatic rings. The number of fused-ring (bicyclic) bond motifs is 1. The molecule has 12 heteroatoms. The maximum Gasteiger partial charge on any atom is 0.432 e. The molecule has 3 rings (SSSR count). The molecule has 0 unspecified atom stereocenters. The van der Waals surface area contributed by atoms with Crippen molar-refractivity contribution in [2.75, 3.05) is 7.05 Å². The Morgan fingerprint density at radius 3 is 2.39 bits per heavy atom. The predicted octanol–water partition coefficient (Wildman–Crippen LogP) is 5.15. The van der Waals surface area contributed by atoms with Crippen molar-refractivity contribution in [1.29, 1.82) is 0 Å². The molecule has 1 aromatic carbocycles. The molecule has 2 heterocycles. The largest absolute Gasteiger partial charge is 0.463 e. The van der Waals surface area contributed by atoms with Crippen LogP contribution in [0, 0.1) is 5.82 Å². The SMILES string of the molecule is CN(Cc1cc(F)c(-c2cc3cnn(C(=O)O)c3cn2)c(C(F)(F)F)c1)C(=O)OC(C)(C)C. The van der Waals surface area contributed by atoms with Crippen LogP contribution >= 0.6 is 0 Å². The molecule has 1 amide bonds. The number of carboxylic acid groups (broad SMARTS) is 1. The fraction of sp³-hybridized carbons (Fsp3) is 0.333. The zero-order valence-electron chi connectivity index (χ0n) is 18.1. The van der Waals surface area contributed by atoms with Crippen LogP contribution in [0.2, 0.25) is 0 Å². The first-order chi connectivity index (χ1) is 15.2. The summed E-state index contributed by atoms with van der Waals surface area (Å²) in [5.41, 5.74) is -3.29. The van der Waals surface area contributed by atoms with Crippen LogP contribution < -0.4 is 0 Å². The van der Waals surface area contributed by atoms with E-state index in [1.165, 1.54) is 7.05 Å². The Balaban J connectivity index is 2.04. The molecule has 0 saturated heterocycles. The number of hydrogen-bond acceptors (Lipinski definition) is 5. The molecular weight excluding hydrogens is 448 g/mol. The van der Waals surface area contributed by atoms with Crippen LogP contribution in [0.4, 0.5) is 27.2 Å². The highest BCUT2D eigenvalue weighted by atomic mass is 19.4. The average Bonchev–Trinajstić information content (AvgIpc) is 3.08. The average molecular weight is 468 g/mol. The number of benzene rings is 1. The summed E-state index contributed by atoms with van der Waals surface area (Å²) in [5, 5.41) is 12.9. The van der Waals surface area contributed by atoms with Crippen molar-refractivity contribution in [3.63, 3.8) is 0 Å². The first kappa shape index (κ1) is 24.0. The van der Waals surface area contributed by atoms with Crippen molar-refractivity contribution in [2.24, 2.45) is 0 Å². The van der Waals surface area contributed by atoms with E-state index in [2.05, 4.69) is 10.1 Å². The van der Waals surface area contributed by atoms with Gasteiger partial charge in [0.05, 0.1) is 29.2 Å². The fourth-order valence-corrected chi connectivity index (χ4v) is 3.13. The fourth-order valence-electron chi connectivity index (χ4n) is 3.13. The van der Waals surface area contributed by atoms with Gasteiger partial charge in [0.25, 0.3) is 0 Å². The molecule has 0 saturated carbocycles.